The van der Waals surface area contributed by atoms with Crippen LogP contribution in [0, 0.1) is 11.8 Å². The minimum absolute atomic E-state index is 0.319. The summed E-state index contributed by atoms with van der Waals surface area (Å²) < 4.78 is 0. The fourth-order valence-electron chi connectivity index (χ4n) is 1.66. The van der Waals surface area contributed by atoms with Crippen LogP contribution >= 0.6 is 0 Å². The van der Waals surface area contributed by atoms with Gasteiger partial charge in [0.1, 0.15) is 6.29 Å². The van der Waals surface area contributed by atoms with Crippen LogP contribution in [0.25, 0.3) is 0 Å². The van der Waals surface area contributed by atoms with Crippen molar-refractivity contribution >= 4 is 6.29 Å². The van der Waals surface area contributed by atoms with E-state index in [-0.39, 0.29) is 0 Å². The van der Waals surface area contributed by atoms with Crippen molar-refractivity contribution in [2.75, 3.05) is 0 Å². The molecule has 1 heteroatoms. The smallest absolute Gasteiger partial charge is 0.123 e. The highest BCUT2D eigenvalue weighted by molar-refractivity contribution is 5.53. The van der Waals surface area contributed by atoms with Gasteiger partial charge in [-0.25, -0.2) is 0 Å². The Morgan fingerprint density at radius 2 is 1.75 bits per heavy atom. The molecule has 0 aliphatic heterocycles. The summed E-state index contributed by atoms with van der Waals surface area (Å²) >= 11 is 0. The highest BCUT2D eigenvalue weighted by atomic mass is 16.1. The Bertz CT molecular complexity index is 106. The number of carbonyl (C=O) groups is 1. The van der Waals surface area contributed by atoms with E-state index in [1.165, 1.54) is 12.8 Å². The molecule has 0 saturated carbocycles. The summed E-state index contributed by atoms with van der Waals surface area (Å²) in [5.41, 5.74) is 0. The van der Waals surface area contributed by atoms with Crippen LogP contribution in [0.5, 0.6) is 0 Å². The van der Waals surface area contributed by atoms with E-state index in [0.717, 1.165) is 31.5 Å². The van der Waals surface area contributed by atoms with Gasteiger partial charge in [0.2, 0.25) is 0 Å². The second kappa shape index (κ2) is 7.33. The molecule has 72 valence electrons. The van der Waals surface area contributed by atoms with Crippen LogP contribution < -0.4 is 0 Å². The molecular formula is C11H22O. The normalized spacial score (nSPS) is 13.3. The molecule has 12 heavy (non-hydrogen) atoms. The monoisotopic (exact) mass is 170 g/mol. The fourth-order valence-corrected chi connectivity index (χ4v) is 1.66. The maximum absolute atomic E-state index is 10.7. The van der Waals surface area contributed by atoms with Crippen molar-refractivity contribution in [2.45, 2.75) is 52.9 Å². The molecule has 1 atom stereocenters. The van der Waals surface area contributed by atoms with Crippen LogP contribution in [0.2, 0.25) is 0 Å². The number of aldehydes is 1. The lowest BCUT2D eigenvalue weighted by Crippen LogP contribution is -2.08. The third-order valence-corrected chi connectivity index (χ3v) is 2.64. The molecule has 0 aromatic rings. The van der Waals surface area contributed by atoms with E-state index >= 15 is 0 Å². The zero-order valence-electron chi connectivity index (χ0n) is 8.68. The van der Waals surface area contributed by atoms with Crippen molar-refractivity contribution in [3.05, 3.63) is 0 Å². The summed E-state index contributed by atoms with van der Waals surface area (Å²) in [4.78, 5) is 10.7. The molecule has 0 aromatic heterocycles. The van der Waals surface area contributed by atoms with E-state index in [0.29, 0.717) is 5.92 Å². The Labute approximate surface area is 76.6 Å². The van der Waals surface area contributed by atoms with Crippen LogP contribution in [0.4, 0.5) is 0 Å². The fraction of sp³-hybridized carbons (Fsp3) is 0.909. The minimum atomic E-state index is 0.319. The third kappa shape index (κ3) is 4.53. The first-order valence-electron chi connectivity index (χ1n) is 5.23. The highest BCUT2D eigenvalue weighted by Gasteiger charge is 2.11. The lowest BCUT2D eigenvalue weighted by molar-refractivity contribution is -0.111. The van der Waals surface area contributed by atoms with Crippen LogP contribution in [0.1, 0.15) is 52.9 Å². The molecule has 0 aliphatic rings. The first kappa shape index (κ1) is 11.7. The second-order valence-corrected chi connectivity index (χ2v) is 3.60. The topological polar surface area (TPSA) is 17.1 Å². The number of carbonyl (C=O) groups excluding carboxylic acids is 1. The van der Waals surface area contributed by atoms with Gasteiger partial charge in [0.25, 0.3) is 0 Å². The maximum Gasteiger partial charge on any atom is 0.123 e. The summed E-state index contributed by atoms with van der Waals surface area (Å²) in [6, 6.07) is 0. The molecule has 0 amide bonds. The number of hydrogen-bond acceptors (Lipinski definition) is 1. The molecule has 0 spiro atoms. The maximum atomic E-state index is 10.7. The van der Waals surface area contributed by atoms with E-state index in [2.05, 4.69) is 20.8 Å². The summed E-state index contributed by atoms with van der Waals surface area (Å²) in [6.07, 6.45) is 6.87. The van der Waals surface area contributed by atoms with Gasteiger partial charge in [0, 0.05) is 5.92 Å². The predicted molar refractivity (Wildman–Crippen MR) is 53.2 cm³/mol. The Hall–Kier alpha value is -0.330. The van der Waals surface area contributed by atoms with Gasteiger partial charge in [0.15, 0.2) is 0 Å². The van der Waals surface area contributed by atoms with E-state index in [4.69, 9.17) is 0 Å². The van der Waals surface area contributed by atoms with Crippen LogP contribution in [0.15, 0.2) is 0 Å². The Kier molecular flexibility index (Phi) is 7.12. The summed E-state index contributed by atoms with van der Waals surface area (Å²) in [5, 5.41) is 0. The molecular weight excluding hydrogens is 148 g/mol. The molecule has 0 radical (unpaired) electrons. The Morgan fingerprint density at radius 3 is 2.08 bits per heavy atom. The zero-order valence-corrected chi connectivity index (χ0v) is 8.68. The SMILES string of the molecule is CCCC(C=O)CC(CC)CC. The van der Waals surface area contributed by atoms with Gasteiger partial charge >= 0.3 is 0 Å². The van der Waals surface area contributed by atoms with E-state index < -0.39 is 0 Å². The second-order valence-electron chi connectivity index (χ2n) is 3.60. The largest absolute Gasteiger partial charge is 0.303 e. The molecule has 0 fully saturated rings. The molecule has 1 nitrogen and oxygen atoms in total. The molecule has 0 N–H and O–H groups in total. The first-order valence-corrected chi connectivity index (χ1v) is 5.23. The Morgan fingerprint density at radius 1 is 1.17 bits per heavy atom. The van der Waals surface area contributed by atoms with Crippen molar-refractivity contribution in [3.8, 4) is 0 Å². The zero-order chi connectivity index (χ0) is 9.40. The lowest BCUT2D eigenvalue weighted by atomic mass is 9.89. The van der Waals surface area contributed by atoms with Crippen molar-refractivity contribution in [2.24, 2.45) is 11.8 Å². The minimum Gasteiger partial charge on any atom is -0.303 e. The molecule has 0 bridgehead atoms. The van der Waals surface area contributed by atoms with E-state index in [9.17, 15) is 4.79 Å². The Balaban J connectivity index is 3.73. The van der Waals surface area contributed by atoms with Crippen molar-refractivity contribution < 1.29 is 4.79 Å². The summed E-state index contributed by atoms with van der Waals surface area (Å²) in [6.45, 7) is 6.56. The summed E-state index contributed by atoms with van der Waals surface area (Å²) in [5.74, 6) is 1.08. The van der Waals surface area contributed by atoms with Gasteiger partial charge in [-0.2, -0.15) is 0 Å². The van der Waals surface area contributed by atoms with Gasteiger partial charge in [-0.3, -0.25) is 0 Å². The van der Waals surface area contributed by atoms with Gasteiger partial charge in [-0.1, -0.05) is 40.0 Å². The standard InChI is InChI=1S/C11H22O/c1-4-7-11(9-12)8-10(5-2)6-3/h9-11H,4-8H2,1-3H3. The number of rotatable bonds is 7. The van der Waals surface area contributed by atoms with Crippen molar-refractivity contribution in [1.82, 2.24) is 0 Å². The van der Waals surface area contributed by atoms with Gasteiger partial charge < -0.3 is 4.79 Å². The average Bonchev–Trinajstić information content (AvgIpc) is 2.12. The average molecular weight is 170 g/mol. The molecule has 0 heterocycles. The van der Waals surface area contributed by atoms with Crippen molar-refractivity contribution in [3.63, 3.8) is 0 Å². The van der Waals surface area contributed by atoms with Crippen LogP contribution in [0.3, 0.4) is 0 Å². The number of hydrogen-bond donors (Lipinski definition) is 0. The van der Waals surface area contributed by atoms with Gasteiger partial charge in [-0.05, 0) is 18.8 Å². The van der Waals surface area contributed by atoms with Gasteiger partial charge in [0.05, 0.1) is 0 Å². The van der Waals surface area contributed by atoms with E-state index in [1.54, 1.807) is 0 Å². The van der Waals surface area contributed by atoms with Gasteiger partial charge in [-0.15, -0.1) is 0 Å². The molecule has 0 saturated heterocycles. The molecule has 0 rings (SSSR count). The lowest BCUT2D eigenvalue weighted by Gasteiger charge is -2.16. The molecule has 0 aliphatic carbocycles. The van der Waals surface area contributed by atoms with Crippen molar-refractivity contribution in [1.29, 1.82) is 0 Å². The third-order valence-electron chi connectivity index (χ3n) is 2.64. The molecule has 1 unspecified atom stereocenters. The quantitative estimate of drug-likeness (QED) is 0.535. The van der Waals surface area contributed by atoms with E-state index in [1.807, 2.05) is 0 Å². The van der Waals surface area contributed by atoms with Crippen LogP contribution in [-0.4, -0.2) is 6.29 Å². The summed E-state index contributed by atoms with van der Waals surface area (Å²) in [7, 11) is 0. The highest BCUT2D eigenvalue weighted by Crippen LogP contribution is 2.20. The van der Waals surface area contributed by atoms with Crippen LogP contribution in [-0.2, 0) is 4.79 Å². The molecule has 0 aromatic carbocycles. The first-order chi connectivity index (χ1) is 5.78. The predicted octanol–water partition coefficient (Wildman–Crippen LogP) is 3.43.